The van der Waals surface area contributed by atoms with E-state index in [2.05, 4.69) is 21.2 Å². The lowest BCUT2D eigenvalue weighted by atomic mass is 10.0. The molecule has 0 radical (unpaired) electrons. The fourth-order valence-corrected chi connectivity index (χ4v) is 2.82. The van der Waals surface area contributed by atoms with E-state index in [1.165, 1.54) is 6.92 Å². The Hall–Kier alpha value is -2.18. The monoisotopic (exact) mass is 432 g/mol. The summed E-state index contributed by atoms with van der Waals surface area (Å²) in [5.41, 5.74) is 1.02. The van der Waals surface area contributed by atoms with Crippen LogP contribution in [0.15, 0.2) is 59.1 Å². The van der Waals surface area contributed by atoms with E-state index in [-0.39, 0.29) is 18.2 Å². The molecule has 0 aromatic heterocycles. The first-order valence-corrected chi connectivity index (χ1v) is 9.64. The maximum Gasteiger partial charge on any atom is 0.234 e. The molecule has 2 rings (SSSR count). The predicted molar refractivity (Wildman–Crippen MR) is 110 cm³/mol. The van der Waals surface area contributed by atoms with Gasteiger partial charge in [-0.05, 0) is 50.2 Å². The number of ether oxygens (including phenoxy) is 1. The number of carbonyl (C=O) groups is 2. The lowest BCUT2D eigenvalue weighted by Gasteiger charge is -2.20. The van der Waals surface area contributed by atoms with Gasteiger partial charge in [-0.15, -0.1) is 0 Å². The first-order chi connectivity index (χ1) is 12.9. The molecule has 27 heavy (non-hydrogen) atoms. The molecule has 0 bridgehead atoms. The van der Waals surface area contributed by atoms with E-state index >= 15 is 0 Å². The molecule has 0 fully saturated rings. The van der Waals surface area contributed by atoms with E-state index in [1.807, 2.05) is 66.5 Å². The molecular weight excluding hydrogens is 408 g/mol. The van der Waals surface area contributed by atoms with E-state index in [4.69, 9.17) is 4.74 Å². The minimum Gasteiger partial charge on any atom is -0.492 e. The molecule has 0 saturated heterocycles. The Balaban J connectivity index is 1.75. The normalized spacial score (nSPS) is 11.9. The number of nitrogens with zero attached hydrogens (tertiary/aromatic N) is 1. The SMILES string of the molecule is CC(=O)C(Cc1ccccc1)NC(=O)CN(C)CCOc1ccc(Br)cc1. The van der Waals surface area contributed by atoms with Crippen LogP contribution < -0.4 is 10.1 Å². The fourth-order valence-electron chi connectivity index (χ4n) is 2.56. The Morgan fingerprint density at radius 3 is 2.41 bits per heavy atom. The largest absolute Gasteiger partial charge is 0.492 e. The van der Waals surface area contributed by atoms with Crippen molar-refractivity contribution in [1.82, 2.24) is 10.2 Å². The van der Waals surface area contributed by atoms with Gasteiger partial charge in [0.05, 0.1) is 12.6 Å². The molecule has 2 aromatic rings. The number of hydrogen-bond donors (Lipinski definition) is 1. The van der Waals surface area contributed by atoms with Crippen molar-refractivity contribution in [1.29, 1.82) is 0 Å². The molecule has 6 heteroatoms. The zero-order valence-electron chi connectivity index (χ0n) is 15.7. The molecule has 0 aliphatic heterocycles. The molecule has 0 saturated carbocycles. The Labute approximate surface area is 168 Å². The molecule has 0 aliphatic rings. The zero-order chi connectivity index (χ0) is 19.6. The van der Waals surface area contributed by atoms with Crippen molar-refractivity contribution in [3.05, 3.63) is 64.6 Å². The standard InChI is InChI=1S/C21H25BrN2O3/c1-16(25)20(14-17-6-4-3-5-7-17)23-21(26)15-24(2)12-13-27-19-10-8-18(22)9-11-19/h3-11,20H,12-15H2,1-2H3,(H,23,26). The van der Waals surface area contributed by atoms with Crippen molar-refractivity contribution < 1.29 is 14.3 Å². The van der Waals surface area contributed by atoms with Crippen LogP contribution in [0.4, 0.5) is 0 Å². The third-order valence-corrected chi connectivity index (χ3v) is 4.61. The third kappa shape index (κ3) is 7.93. The highest BCUT2D eigenvalue weighted by atomic mass is 79.9. The fraction of sp³-hybridized carbons (Fsp3) is 0.333. The molecule has 1 N–H and O–H groups in total. The van der Waals surface area contributed by atoms with Gasteiger partial charge >= 0.3 is 0 Å². The molecule has 0 aliphatic carbocycles. The van der Waals surface area contributed by atoms with Gasteiger partial charge in [-0.2, -0.15) is 0 Å². The van der Waals surface area contributed by atoms with Crippen LogP contribution in [-0.2, 0) is 16.0 Å². The van der Waals surface area contributed by atoms with Crippen LogP contribution in [0.2, 0.25) is 0 Å². The molecule has 2 aromatic carbocycles. The van der Waals surface area contributed by atoms with Gasteiger partial charge in [0.15, 0.2) is 5.78 Å². The number of carbonyl (C=O) groups excluding carboxylic acids is 2. The number of rotatable bonds is 10. The van der Waals surface area contributed by atoms with Crippen molar-refractivity contribution in [2.75, 3.05) is 26.7 Å². The van der Waals surface area contributed by atoms with Crippen LogP contribution >= 0.6 is 15.9 Å². The molecular formula is C21H25BrN2O3. The van der Waals surface area contributed by atoms with Gasteiger partial charge < -0.3 is 10.1 Å². The number of benzene rings is 2. The number of likely N-dealkylation sites (N-methyl/N-ethyl adjacent to an activating group) is 1. The van der Waals surface area contributed by atoms with E-state index < -0.39 is 6.04 Å². The van der Waals surface area contributed by atoms with Gasteiger partial charge in [0, 0.05) is 11.0 Å². The van der Waals surface area contributed by atoms with E-state index in [9.17, 15) is 9.59 Å². The van der Waals surface area contributed by atoms with Gasteiger partial charge in [0.2, 0.25) is 5.91 Å². The topological polar surface area (TPSA) is 58.6 Å². The van der Waals surface area contributed by atoms with Gasteiger partial charge in [-0.1, -0.05) is 46.3 Å². The average molecular weight is 433 g/mol. The number of ketones is 1. The lowest BCUT2D eigenvalue weighted by molar-refractivity contribution is -0.127. The number of nitrogens with one attached hydrogen (secondary N) is 1. The summed E-state index contributed by atoms with van der Waals surface area (Å²) in [7, 11) is 1.85. The Morgan fingerprint density at radius 1 is 1.11 bits per heavy atom. The number of halogens is 1. The highest BCUT2D eigenvalue weighted by Gasteiger charge is 2.18. The summed E-state index contributed by atoms with van der Waals surface area (Å²) in [4.78, 5) is 26.0. The van der Waals surface area contributed by atoms with Crippen molar-refractivity contribution in [2.24, 2.45) is 0 Å². The van der Waals surface area contributed by atoms with Crippen LogP contribution in [-0.4, -0.2) is 49.4 Å². The van der Waals surface area contributed by atoms with Crippen molar-refractivity contribution in [3.63, 3.8) is 0 Å². The Kier molecular flexibility index (Phi) is 8.48. The number of hydrogen-bond acceptors (Lipinski definition) is 4. The van der Waals surface area contributed by atoms with Gasteiger partial charge in [0.25, 0.3) is 0 Å². The summed E-state index contributed by atoms with van der Waals surface area (Å²) in [5, 5.41) is 2.83. The minimum atomic E-state index is -0.507. The average Bonchev–Trinajstić information content (AvgIpc) is 2.63. The molecule has 144 valence electrons. The first kappa shape index (κ1) is 21.1. The van der Waals surface area contributed by atoms with Gasteiger partial charge in [-0.3, -0.25) is 14.5 Å². The highest BCUT2D eigenvalue weighted by molar-refractivity contribution is 9.10. The molecule has 1 unspecified atom stereocenters. The quantitative estimate of drug-likeness (QED) is 0.626. The maximum atomic E-state index is 12.3. The number of amides is 1. The van der Waals surface area contributed by atoms with Gasteiger partial charge in [-0.25, -0.2) is 0 Å². The molecule has 1 amide bonds. The third-order valence-electron chi connectivity index (χ3n) is 4.08. The number of Topliss-reactive ketones (excluding diaryl/α,β-unsaturated/α-hetero) is 1. The molecule has 5 nitrogen and oxygen atoms in total. The van der Waals surface area contributed by atoms with E-state index in [0.29, 0.717) is 19.6 Å². The van der Waals surface area contributed by atoms with Crippen LogP contribution in [0.1, 0.15) is 12.5 Å². The van der Waals surface area contributed by atoms with E-state index in [0.717, 1.165) is 15.8 Å². The van der Waals surface area contributed by atoms with Gasteiger partial charge in [0.1, 0.15) is 12.4 Å². The van der Waals surface area contributed by atoms with Crippen molar-refractivity contribution in [3.8, 4) is 5.75 Å². The van der Waals surface area contributed by atoms with Crippen molar-refractivity contribution >= 4 is 27.6 Å². The van der Waals surface area contributed by atoms with E-state index in [1.54, 1.807) is 0 Å². The van der Waals surface area contributed by atoms with Crippen LogP contribution in [0.5, 0.6) is 5.75 Å². The Morgan fingerprint density at radius 2 is 1.78 bits per heavy atom. The predicted octanol–water partition coefficient (Wildman–Crippen LogP) is 3.08. The Bertz CT molecular complexity index is 735. The minimum absolute atomic E-state index is 0.0478. The summed E-state index contributed by atoms with van der Waals surface area (Å²) in [6.07, 6.45) is 0.498. The van der Waals surface area contributed by atoms with Crippen LogP contribution in [0.3, 0.4) is 0 Å². The second-order valence-electron chi connectivity index (χ2n) is 6.46. The summed E-state index contributed by atoms with van der Waals surface area (Å²) < 4.78 is 6.66. The second-order valence-corrected chi connectivity index (χ2v) is 7.38. The molecule has 1 atom stereocenters. The van der Waals surface area contributed by atoms with Crippen molar-refractivity contribution in [2.45, 2.75) is 19.4 Å². The molecule has 0 spiro atoms. The summed E-state index contributed by atoms with van der Waals surface area (Å²) in [5.74, 6) is 0.571. The maximum absolute atomic E-state index is 12.3. The second kappa shape index (κ2) is 10.8. The first-order valence-electron chi connectivity index (χ1n) is 8.84. The molecule has 0 heterocycles. The summed E-state index contributed by atoms with van der Waals surface area (Å²) >= 11 is 3.38. The van der Waals surface area contributed by atoms with Crippen LogP contribution in [0.25, 0.3) is 0 Å². The van der Waals surface area contributed by atoms with Crippen LogP contribution in [0, 0.1) is 0 Å². The summed E-state index contributed by atoms with van der Waals surface area (Å²) in [6, 6.07) is 16.8. The highest BCUT2D eigenvalue weighted by Crippen LogP contribution is 2.15. The summed E-state index contributed by atoms with van der Waals surface area (Å²) in [6.45, 7) is 2.80. The zero-order valence-corrected chi connectivity index (χ0v) is 17.2. The smallest absolute Gasteiger partial charge is 0.234 e. The lowest BCUT2D eigenvalue weighted by Crippen LogP contribution is -2.45.